The summed E-state index contributed by atoms with van der Waals surface area (Å²) in [6.07, 6.45) is 2.10. The van der Waals surface area contributed by atoms with Crippen molar-refractivity contribution in [2.24, 2.45) is 5.10 Å². The first-order chi connectivity index (χ1) is 11.1. The summed E-state index contributed by atoms with van der Waals surface area (Å²) in [6, 6.07) is 14.6. The Bertz CT molecular complexity index is 859. The van der Waals surface area contributed by atoms with E-state index in [1.54, 1.807) is 36.7 Å². The van der Waals surface area contributed by atoms with Crippen LogP contribution in [0, 0.1) is 0 Å². The first kappa shape index (κ1) is 15.5. The molecule has 1 unspecified atom stereocenters. The molecule has 0 bridgehead atoms. The Morgan fingerprint density at radius 2 is 2.04 bits per heavy atom. The lowest BCUT2D eigenvalue weighted by atomic mass is 10.1. The highest BCUT2D eigenvalue weighted by Gasteiger charge is 2.16. The number of aromatic nitrogens is 1. The van der Waals surface area contributed by atoms with Gasteiger partial charge in [0.1, 0.15) is 0 Å². The molecule has 0 aliphatic carbocycles. The Balaban J connectivity index is 1.70. The summed E-state index contributed by atoms with van der Waals surface area (Å²) >= 11 is 3.43. The van der Waals surface area contributed by atoms with E-state index in [0.717, 1.165) is 20.9 Å². The van der Waals surface area contributed by atoms with Crippen LogP contribution in [0.3, 0.4) is 0 Å². The SMILES string of the molecule is O=C(N/N=C/c1c[nH]c2ccc(Br)cc12)C(O)c1ccccc1. The number of amides is 1. The zero-order chi connectivity index (χ0) is 16.2. The summed E-state index contributed by atoms with van der Waals surface area (Å²) in [6.45, 7) is 0. The lowest BCUT2D eigenvalue weighted by Crippen LogP contribution is -2.25. The molecule has 0 saturated heterocycles. The van der Waals surface area contributed by atoms with E-state index in [0.29, 0.717) is 5.56 Å². The maximum Gasteiger partial charge on any atom is 0.273 e. The van der Waals surface area contributed by atoms with Gasteiger partial charge in [0, 0.05) is 27.1 Å². The molecular formula is C17H14BrN3O2. The second-order valence-corrected chi connectivity index (χ2v) is 5.90. The zero-order valence-corrected chi connectivity index (χ0v) is 13.6. The molecule has 0 radical (unpaired) electrons. The number of carbonyl (C=O) groups excluding carboxylic acids is 1. The van der Waals surface area contributed by atoms with E-state index in [1.165, 1.54) is 0 Å². The Hall–Kier alpha value is -2.44. The van der Waals surface area contributed by atoms with Crippen molar-refractivity contribution in [1.29, 1.82) is 0 Å². The van der Waals surface area contributed by atoms with Crippen LogP contribution < -0.4 is 5.43 Å². The highest BCUT2D eigenvalue weighted by Crippen LogP contribution is 2.21. The third-order valence-corrected chi connectivity index (χ3v) is 3.91. The number of aliphatic hydroxyl groups excluding tert-OH is 1. The van der Waals surface area contributed by atoms with Gasteiger partial charge >= 0.3 is 0 Å². The van der Waals surface area contributed by atoms with Crippen LogP contribution in [-0.4, -0.2) is 22.2 Å². The van der Waals surface area contributed by atoms with Crippen molar-refractivity contribution in [2.75, 3.05) is 0 Å². The van der Waals surface area contributed by atoms with Gasteiger partial charge in [-0.15, -0.1) is 0 Å². The molecule has 1 amide bonds. The minimum atomic E-state index is -1.24. The summed E-state index contributed by atoms with van der Waals surface area (Å²) in [5.41, 5.74) is 4.70. The van der Waals surface area contributed by atoms with E-state index in [2.05, 4.69) is 31.4 Å². The predicted molar refractivity (Wildman–Crippen MR) is 93.1 cm³/mol. The first-order valence-corrected chi connectivity index (χ1v) is 7.77. The molecule has 0 aliphatic heterocycles. The Morgan fingerprint density at radius 1 is 1.26 bits per heavy atom. The number of fused-ring (bicyclic) bond motifs is 1. The number of hydrogen-bond donors (Lipinski definition) is 3. The van der Waals surface area contributed by atoms with Gasteiger partial charge in [0.15, 0.2) is 6.10 Å². The van der Waals surface area contributed by atoms with E-state index in [4.69, 9.17) is 0 Å². The van der Waals surface area contributed by atoms with Crippen LogP contribution in [-0.2, 0) is 4.79 Å². The highest BCUT2D eigenvalue weighted by molar-refractivity contribution is 9.10. The van der Waals surface area contributed by atoms with Gasteiger partial charge in [-0.2, -0.15) is 5.10 Å². The number of nitrogens with zero attached hydrogens (tertiary/aromatic N) is 1. The topological polar surface area (TPSA) is 77.5 Å². The fourth-order valence-electron chi connectivity index (χ4n) is 2.23. The molecule has 5 nitrogen and oxygen atoms in total. The number of carbonyl (C=O) groups is 1. The standard InChI is InChI=1S/C17H14BrN3O2/c18-13-6-7-15-14(8-13)12(9-19-15)10-20-21-17(23)16(22)11-4-2-1-3-5-11/h1-10,16,19,22H,(H,21,23)/b20-10+. The third-order valence-electron chi connectivity index (χ3n) is 3.42. The number of aromatic amines is 1. The second-order valence-electron chi connectivity index (χ2n) is 4.98. The molecule has 3 rings (SSSR count). The highest BCUT2D eigenvalue weighted by atomic mass is 79.9. The van der Waals surface area contributed by atoms with Gasteiger partial charge in [-0.05, 0) is 23.8 Å². The fraction of sp³-hybridized carbons (Fsp3) is 0.0588. The van der Waals surface area contributed by atoms with Crippen molar-refractivity contribution in [3.05, 3.63) is 70.3 Å². The summed E-state index contributed by atoms with van der Waals surface area (Å²) in [7, 11) is 0. The maximum atomic E-state index is 11.9. The van der Waals surface area contributed by atoms with Gasteiger partial charge < -0.3 is 10.1 Å². The molecule has 3 aromatic rings. The quantitative estimate of drug-likeness (QED) is 0.486. The van der Waals surface area contributed by atoms with E-state index in [1.807, 2.05) is 24.3 Å². The summed E-state index contributed by atoms with van der Waals surface area (Å²) < 4.78 is 0.961. The minimum absolute atomic E-state index is 0.524. The first-order valence-electron chi connectivity index (χ1n) is 6.98. The number of H-pyrrole nitrogens is 1. The molecule has 0 spiro atoms. The van der Waals surface area contributed by atoms with Crippen LogP contribution in [0.15, 0.2) is 64.3 Å². The van der Waals surface area contributed by atoms with Crippen LogP contribution in [0.1, 0.15) is 17.2 Å². The number of hydrogen-bond acceptors (Lipinski definition) is 3. The minimum Gasteiger partial charge on any atom is -0.378 e. The Labute approximate surface area is 141 Å². The van der Waals surface area contributed by atoms with Crippen molar-refractivity contribution in [3.8, 4) is 0 Å². The van der Waals surface area contributed by atoms with E-state index >= 15 is 0 Å². The molecule has 2 aromatic carbocycles. The molecular weight excluding hydrogens is 358 g/mol. The Morgan fingerprint density at radius 3 is 2.83 bits per heavy atom. The predicted octanol–water partition coefficient (Wildman–Crippen LogP) is 3.11. The average Bonchev–Trinajstić information content (AvgIpc) is 2.97. The second kappa shape index (κ2) is 6.76. The van der Waals surface area contributed by atoms with Crippen LogP contribution >= 0.6 is 15.9 Å². The molecule has 0 saturated carbocycles. The van der Waals surface area contributed by atoms with Gasteiger partial charge in [0.25, 0.3) is 5.91 Å². The van der Waals surface area contributed by atoms with E-state index < -0.39 is 12.0 Å². The number of benzene rings is 2. The molecule has 3 N–H and O–H groups in total. The normalized spacial score (nSPS) is 12.6. The van der Waals surface area contributed by atoms with Crippen LogP contribution in [0.5, 0.6) is 0 Å². The lowest BCUT2D eigenvalue weighted by molar-refractivity contribution is -0.129. The number of rotatable bonds is 4. The molecule has 0 fully saturated rings. The van der Waals surface area contributed by atoms with E-state index in [-0.39, 0.29) is 0 Å². The average molecular weight is 372 g/mol. The number of hydrazone groups is 1. The molecule has 1 aromatic heterocycles. The lowest BCUT2D eigenvalue weighted by Gasteiger charge is -2.08. The fourth-order valence-corrected chi connectivity index (χ4v) is 2.60. The molecule has 1 atom stereocenters. The molecule has 0 aliphatic rings. The number of nitrogens with one attached hydrogen (secondary N) is 2. The summed E-state index contributed by atoms with van der Waals surface area (Å²) in [5, 5.41) is 14.9. The largest absolute Gasteiger partial charge is 0.378 e. The monoisotopic (exact) mass is 371 g/mol. The number of aliphatic hydroxyl groups is 1. The van der Waals surface area contributed by atoms with Crippen molar-refractivity contribution in [2.45, 2.75) is 6.10 Å². The van der Waals surface area contributed by atoms with Crippen molar-refractivity contribution in [1.82, 2.24) is 10.4 Å². The third kappa shape index (κ3) is 3.49. The van der Waals surface area contributed by atoms with Gasteiger partial charge in [-0.25, -0.2) is 5.43 Å². The maximum absolute atomic E-state index is 11.9. The van der Waals surface area contributed by atoms with Gasteiger partial charge in [0.2, 0.25) is 0 Å². The van der Waals surface area contributed by atoms with Crippen molar-refractivity contribution < 1.29 is 9.90 Å². The molecule has 23 heavy (non-hydrogen) atoms. The molecule has 6 heteroatoms. The van der Waals surface area contributed by atoms with Gasteiger partial charge in [-0.3, -0.25) is 4.79 Å². The van der Waals surface area contributed by atoms with Crippen molar-refractivity contribution >= 4 is 39.0 Å². The van der Waals surface area contributed by atoms with Crippen LogP contribution in [0.2, 0.25) is 0 Å². The molecule has 116 valence electrons. The molecule has 1 heterocycles. The van der Waals surface area contributed by atoms with E-state index in [9.17, 15) is 9.90 Å². The summed E-state index contributed by atoms with van der Waals surface area (Å²) in [5.74, 6) is -0.575. The smallest absolute Gasteiger partial charge is 0.273 e. The van der Waals surface area contributed by atoms with Gasteiger partial charge in [-0.1, -0.05) is 46.3 Å². The van der Waals surface area contributed by atoms with Crippen molar-refractivity contribution in [3.63, 3.8) is 0 Å². The zero-order valence-electron chi connectivity index (χ0n) is 12.0. The summed E-state index contributed by atoms with van der Waals surface area (Å²) in [4.78, 5) is 15.0. The van der Waals surface area contributed by atoms with Gasteiger partial charge in [0.05, 0.1) is 6.21 Å². The van der Waals surface area contributed by atoms with Crippen LogP contribution in [0.4, 0.5) is 0 Å². The Kier molecular flexibility index (Phi) is 4.55. The number of halogens is 1. The van der Waals surface area contributed by atoms with Crippen LogP contribution in [0.25, 0.3) is 10.9 Å².